The van der Waals surface area contributed by atoms with Gasteiger partial charge in [0.15, 0.2) is 0 Å². The summed E-state index contributed by atoms with van der Waals surface area (Å²) in [6, 6.07) is 14.0. The molecule has 2 aromatic carbocycles. The molecule has 1 fully saturated rings. The molecule has 0 aromatic heterocycles. The number of benzene rings is 2. The molecule has 1 heterocycles. The van der Waals surface area contributed by atoms with Gasteiger partial charge in [-0.25, -0.2) is 0 Å². The van der Waals surface area contributed by atoms with Gasteiger partial charge in [0.2, 0.25) is 5.91 Å². The highest BCUT2D eigenvalue weighted by Crippen LogP contribution is 2.21. The fourth-order valence-corrected chi connectivity index (χ4v) is 3.83. The summed E-state index contributed by atoms with van der Waals surface area (Å²) in [6.45, 7) is 5.99. The molecule has 3 rings (SSSR count). The topological polar surface area (TPSA) is 97.0 Å². The smallest absolute Gasteiger partial charge is 0.310 e. The second-order valence-electron chi connectivity index (χ2n) is 7.83. The molecule has 2 N–H and O–H groups in total. The number of para-hydroxylation sites is 1. The Morgan fingerprint density at radius 2 is 1.76 bits per heavy atom. The van der Waals surface area contributed by atoms with Gasteiger partial charge in [0.1, 0.15) is 5.75 Å². The number of esters is 1. The predicted octanol–water partition coefficient (Wildman–Crippen LogP) is 3.55. The molecule has 0 radical (unpaired) electrons. The number of carbonyl (C=O) groups excluding carboxylic acids is 3. The second kappa shape index (κ2) is 12.0. The molecule has 0 bridgehead atoms. The molecule has 1 unspecified atom stereocenters. The van der Waals surface area contributed by atoms with Crippen molar-refractivity contribution in [3.63, 3.8) is 0 Å². The lowest BCUT2D eigenvalue weighted by atomic mass is 9.98. The Balaban J connectivity index is 1.59. The summed E-state index contributed by atoms with van der Waals surface area (Å²) < 4.78 is 10.5. The van der Waals surface area contributed by atoms with Crippen LogP contribution < -0.4 is 15.4 Å². The molecular formula is C25H31N3O5. The summed E-state index contributed by atoms with van der Waals surface area (Å²) >= 11 is 0. The summed E-state index contributed by atoms with van der Waals surface area (Å²) in [4.78, 5) is 39.5. The molecule has 0 saturated carbocycles. The quantitative estimate of drug-likeness (QED) is 0.564. The van der Waals surface area contributed by atoms with E-state index < -0.39 is 0 Å². The van der Waals surface area contributed by atoms with Crippen molar-refractivity contribution in [3.05, 3.63) is 54.1 Å². The number of hydrogen-bond acceptors (Lipinski definition) is 6. The van der Waals surface area contributed by atoms with E-state index in [-0.39, 0.29) is 30.2 Å². The third-order valence-electron chi connectivity index (χ3n) is 5.36. The van der Waals surface area contributed by atoms with Crippen LogP contribution in [0.2, 0.25) is 0 Å². The normalized spacial score (nSPS) is 16.0. The van der Waals surface area contributed by atoms with Crippen LogP contribution in [0.15, 0.2) is 48.5 Å². The van der Waals surface area contributed by atoms with Crippen molar-refractivity contribution < 1.29 is 23.9 Å². The van der Waals surface area contributed by atoms with Gasteiger partial charge < -0.3 is 20.1 Å². The van der Waals surface area contributed by atoms with Crippen molar-refractivity contribution in [3.8, 4) is 5.75 Å². The maximum absolute atomic E-state index is 12.8. The third kappa shape index (κ3) is 7.05. The molecule has 8 heteroatoms. The minimum Gasteiger partial charge on any atom is -0.494 e. The standard InChI is InChI=1S/C25H31N3O5/c1-3-32-20-13-11-19(12-14-20)26-24(30)21-9-5-6-10-22(21)27-23(29)17-28-15-7-8-18(16-28)25(31)33-4-2/h5-6,9-14,18H,3-4,7-8,15-17H2,1-2H3,(H,26,30)(H,27,29). The fraction of sp³-hybridized carbons (Fsp3) is 0.400. The first-order valence-electron chi connectivity index (χ1n) is 11.3. The summed E-state index contributed by atoms with van der Waals surface area (Å²) in [5.74, 6) is -0.250. The molecule has 1 aliphatic heterocycles. The summed E-state index contributed by atoms with van der Waals surface area (Å²) in [7, 11) is 0. The molecule has 33 heavy (non-hydrogen) atoms. The zero-order chi connectivity index (χ0) is 23.6. The van der Waals surface area contributed by atoms with Crippen LogP contribution >= 0.6 is 0 Å². The van der Waals surface area contributed by atoms with Gasteiger partial charge in [0.05, 0.1) is 36.9 Å². The van der Waals surface area contributed by atoms with Crippen LogP contribution in [0, 0.1) is 5.92 Å². The number of rotatable bonds is 9. The van der Waals surface area contributed by atoms with Gasteiger partial charge in [0, 0.05) is 12.2 Å². The van der Waals surface area contributed by atoms with Crippen LogP contribution in [-0.4, -0.2) is 55.5 Å². The number of nitrogens with zero attached hydrogens (tertiary/aromatic N) is 1. The van der Waals surface area contributed by atoms with E-state index in [1.165, 1.54) is 0 Å². The van der Waals surface area contributed by atoms with Crippen molar-refractivity contribution in [1.82, 2.24) is 4.90 Å². The lowest BCUT2D eigenvalue weighted by Crippen LogP contribution is -2.43. The SMILES string of the molecule is CCOC(=O)C1CCCN(CC(=O)Nc2ccccc2C(=O)Nc2ccc(OCC)cc2)C1. The van der Waals surface area contributed by atoms with Crippen LogP contribution in [0.3, 0.4) is 0 Å². The average Bonchev–Trinajstić information content (AvgIpc) is 2.81. The molecule has 2 aromatic rings. The number of piperidine rings is 1. The first kappa shape index (κ1) is 24.3. The molecule has 8 nitrogen and oxygen atoms in total. The Bertz CT molecular complexity index is 961. The highest BCUT2D eigenvalue weighted by molar-refractivity contribution is 6.10. The molecule has 1 saturated heterocycles. The number of ether oxygens (including phenoxy) is 2. The van der Waals surface area contributed by atoms with Gasteiger partial charge in [0.25, 0.3) is 5.91 Å². The molecule has 1 aliphatic rings. The van der Waals surface area contributed by atoms with E-state index in [2.05, 4.69) is 10.6 Å². The number of anilines is 2. The zero-order valence-electron chi connectivity index (χ0n) is 19.1. The van der Waals surface area contributed by atoms with E-state index in [0.29, 0.717) is 36.7 Å². The van der Waals surface area contributed by atoms with E-state index in [1.54, 1.807) is 55.5 Å². The Morgan fingerprint density at radius 1 is 1.00 bits per heavy atom. The number of hydrogen-bond donors (Lipinski definition) is 2. The maximum atomic E-state index is 12.8. The molecular weight excluding hydrogens is 422 g/mol. The summed E-state index contributed by atoms with van der Waals surface area (Å²) in [5.41, 5.74) is 1.43. The van der Waals surface area contributed by atoms with E-state index in [9.17, 15) is 14.4 Å². The first-order valence-corrected chi connectivity index (χ1v) is 11.3. The molecule has 0 aliphatic carbocycles. The Hall–Kier alpha value is -3.39. The van der Waals surface area contributed by atoms with Gasteiger partial charge in [-0.2, -0.15) is 0 Å². The number of nitrogens with one attached hydrogen (secondary N) is 2. The number of carbonyl (C=O) groups is 3. The average molecular weight is 454 g/mol. The van der Waals surface area contributed by atoms with Crippen LogP contribution in [0.5, 0.6) is 5.75 Å². The van der Waals surface area contributed by atoms with Crippen molar-refractivity contribution in [2.24, 2.45) is 5.92 Å². The van der Waals surface area contributed by atoms with Gasteiger partial charge in [-0.3, -0.25) is 19.3 Å². The molecule has 0 spiro atoms. The molecule has 1 atom stereocenters. The maximum Gasteiger partial charge on any atom is 0.310 e. The highest BCUT2D eigenvalue weighted by atomic mass is 16.5. The minimum atomic E-state index is -0.324. The summed E-state index contributed by atoms with van der Waals surface area (Å²) in [6.07, 6.45) is 1.60. The molecule has 176 valence electrons. The third-order valence-corrected chi connectivity index (χ3v) is 5.36. The lowest BCUT2D eigenvalue weighted by molar-refractivity contribution is -0.150. The van der Waals surface area contributed by atoms with Gasteiger partial charge in [-0.1, -0.05) is 12.1 Å². The Labute approximate surface area is 194 Å². The van der Waals surface area contributed by atoms with Crippen molar-refractivity contribution in [2.45, 2.75) is 26.7 Å². The van der Waals surface area contributed by atoms with E-state index in [0.717, 1.165) is 25.1 Å². The van der Waals surface area contributed by atoms with Crippen LogP contribution in [-0.2, 0) is 14.3 Å². The van der Waals surface area contributed by atoms with Crippen LogP contribution in [0.4, 0.5) is 11.4 Å². The fourth-order valence-electron chi connectivity index (χ4n) is 3.83. The largest absolute Gasteiger partial charge is 0.494 e. The van der Waals surface area contributed by atoms with E-state index in [4.69, 9.17) is 9.47 Å². The Morgan fingerprint density at radius 3 is 2.48 bits per heavy atom. The zero-order valence-corrected chi connectivity index (χ0v) is 19.1. The van der Waals surface area contributed by atoms with Gasteiger partial charge >= 0.3 is 5.97 Å². The van der Waals surface area contributed by atoms with Crippen molar-refractivity contribution in [1.29, 1.82) is 0 Å². The van der Waals surface area contributed by atoms with E-state index in [1.807, 2.05) is 11.8 Å². The first-order chi connectivity index (χ1) is 16.0. The predicted molar refractivity (Wildman–Crippen MR) is 126 cm³/mol. The van der Waals surface area contributed by atoms with Gasteiger partial charge in [-0.15, -0.1) is 0 Å². The number of likely N-dealkylation sites (tertiary alicyclic amines) is 1. The Kier molecular flexibility index (Phi) is 8.83. The lowest BCUT2D eigenvalue weighted by Gasteiger charge is -2.30. The second-order valence-corrected chi connectivity index (χ2v) is 7.83. The molecule has 2 amide bonds. The minimum absolute atomic E-state index is 0.144. The monoisotopic (exact) mass is 453 g/mol. The summed E-state index contributed by atoms with van der Waals surface area (Å²) in [5, 5.41) is 5.69. The number of amides is 2. The van der Waals surface area contributed by atoms with Gasteiger partial charge in [-0.05, 0) is 69.6 Å². The van der Waals surface area contributed by atoms with E-state index >= 15 is 0 Å². The highest BCUT2D eigenvalue weighted by Gasteiger charge is 2.28. The van der Waals surface area contributed by atoms with Crippen LogP contribution in [0.1, 0.15) is 37.0 Å². The van der Waals surface area contributed by atoms with Crippen molar-refractivity contribution in [2.75, 3.05) is 43.5 Å². The van der Waals surface area contributed by atoms with Crippen molar-refractivity contribution >= 4 is 29.2 Å². The van der Waals surface area contributed by atoms with Crippen LogP contribution in [0.25, 0.3) is 0 Å².